The highest BCUT2D eigenvalue weighted by atomic mass is 127. The lowest BCUT2D eigenvalue weighted by molar-refractivity contribution is 0.351. The quantitative estimate of drug-likeness (QED) is 0.861. The zero-order valence-corrected chi connectivity index (χ0v) is 12.2. The molecule has 0 heterocycles. The van der Waals surface area contributed by atoms with E-state index in [1.807, 2.05) is 12.1 Å². The zero-order valence-electron chi connectivity index (χ0n) is 10.1. The first-order valence-electron chi connectivity index (χ1n) is 5.18. The van der Waals surface area contributed by atoms with Crippen molar-refractivity contribution in [3.05, 3.63) is 21.3 Å². The minimum Gasteiger partial charge on any atom is -0.493 e. The smallest absolute Gasteiger partial charge is 0.174 e. The zero-order chi connectivity index (χ0) is 12.3. The monoisotopic (exact) mass is 335 g/mol. The number of ether oxygens (including phenoxy) is 2. The Labute approximate surface area is 110 Å². The van der Waals surface area contributed by atoms with Crippen LogP contribution in [0.5, 0.6) is 11.5 Å². The van der Waals surface area contributed by atoms with Gasteiger partial charge in [0.15, 0.2) is 11.5 Å². The fourth-order valence-electron chi connectivity index (χ4n) is 1.52. The third-order valence-corrected chi connectivity index (χ3v) is 3.36. The molecule has 4 heteroatoms. The Hall–Kier alpha value is -0.490. The van der Waals surface area contributed by atoms with Gasteiger partial charge in [-0.25, -0.2) is 0 Å². The Bertz CT molecular complexity index is 366. The van der Waals surface area contributed by atoms with Crippen molar-refractivity contribution in [2.75, 3.05) is 14.2 Å². The molecule has 0 aliphatic rings. The third-order valence-electron chi connectivity index (χ3n) is 2.56. The van der Waals surface area contributed by atoms with Gasteiger partial charge in [-0.3, -0.25) is 0 Å². The summed E-state index contributed by atoms with van der Waals surface area (Å²) in [5, 5.41) is 0. The van der Waals surface area contributed by atoms with Gasteiger partial charge in [-0.2, -0.15) is 0 Å². The summed E-state index contributed by atoms with van der Waals surface area (Å²) < 4.78 is 11.6. The van der Waals surface area contributed by atoms with Crippen LogP contribution in [0.1, 0.15) is 25.5 Å². The molecule has 0 radical (unpaired) electrons. The molecule has 1 rings (SSSR count). The van der Waals surface area contributed by atoms with Crippen molar-refractivity contribution in [1.82, 2.24) is 0 Å². The average molecular weight is 335 g/mol. The first-order valence-corrected chi connectivity index (χ1v) is 6.26. The molecular formula is C12H18INO2. The number of benzene rings is 1. The van der Waals surface area contributed by atoms with Crippen molar-refractivity contribution in [2.45, 2.75) is 19.9 Å². The highest BCUT2D eigenvalue weighted by molar-refractivity contribution is 14.1. The summed E-state index contributed by atoms with van der Waals surface area (Å²) in [6.07, 6.45) is 0. The molecule has 1 aromatic carbocycles. The summed E-state index contributed by atoms with van der Waals surface area (Å²) >= 11 is 2.23. The Morgan fingerprint density at radius 1 is 1.19 bits per heavy atom. The number of rotatable bonds is 4. The van der Waals surface area contributed by atoms with Crippen LogP contribution in [0, 0.1) is 9.49 Å². The molecule has 2 N–H and O–H groups in total. The van der Waals surface area contributed by atoms with Gasteiger partial charge in [-0.1, -0.05) is 13.8 Å². The van der Waals surface area contributed by atoms with E-state index < -0.39 is 0 Å². The van der Waals surface area contributed by atoms with Gasteiger partial charge >= 0.3 is 0 Å². The Balaban J connectivity index is 3.20. The van der Waals surface area contributed by atoms with E-state index in [9.17, 15) is 0 Å². The summed E-state index contributed by atoms with van der Waals surface area (Å²) in [7, 11) is 3.28. The van der Waals surface area contributed by atoms with Crippen LogP contribution in [0.25, 0.3) is 0 Å². The molecule has 0 saturated heterocycles. The van der Waals surface area contributed by atoms with Crippen molar-refractivity contribution >= 4 is 22.6 Å². The van der Waals surface area contributed by atoms with E-state index in [-0.39, 0.29) is 6.04 Å². The molecule has 0 aliphatic heterocycles. The van der Waals surface area contributed by atoms with Gasteiger partial charge in [0.25, 0.3) is 0 Å². The fraction of sp³-hybridized carbons (Fsp3) is 0.500. The van der Waals surface area contributed by atoms with Crippen molar-refractivity contribution in [3.8, 4) is 11.5 Å². The summed E-state index contributed by atoms with van der Waals surface area (Å²) in [5.41, 5.74) is 7.20. The lowest BCUT2D eigenvalue weighted by atomic mass is 9.97. The predicted molar refractivity (Wildman–Crippen MR) is 74.0 cm³/mol. The van der Waals surface area contributed by atoms with Crippen molar-refractivity contribution in [2.24, 2.45) is 11.7 Å². The van der Waals surface area contributed by atoms with Gasteiger partial charge < -0.3 is 15.2 Å². The van der Waals surface area contributed by atoms with Gasteiger partial charge in [-0.05, 0) is 46.2 Å². The summed E-state index contributed by atoms with van der Waals surface area (Å²) in [6, 6.07) is 4.02. The third kappa shape index (κ3) is 2.79. The molecule has 90 valence electrons. The van der Waals surface area contributed by atoms with Crippen LogP contribution >= 0.6 is 22.6 Å². The molecule has 0 spiro atoms. The van der Waals surface area contributed by atoms with Crippen molar-refractivity contribution < 1.29 is 9.47 Å². The summed E-state index contributed by atoms with van der Waals surface area (Å²) in [4.78, 5) is 0. The van der Waals surface area contributed by atoms with Crippen LogP contribution in [0.15, 0.2) is 12.1 Å². The van der Waals surface area contributed by atoms with E-state index in [0.29, 0.717) is 5.92 Å². The molecule has 0 saturated carbocycles. The molecule has 0 aliphatic carbocycles. The molecule has 0 aromatic heterocycles. The van der Waals surface area contributed by atoms with Crippen LogP contribution in [0.4, 0.5) is 0 Å². The van der Waals surface area contributed by atoms with Gasteiger partial charge in [0, 0.05) is 6.04 Å². The van der Waals surface area contributed by atoms with Gasteiger partial charge in [0.2, 0.25) is 0 Å². The van der Waals surface area contributed by atoms with E-state index >= 15 is 0 Å². The maximum Gasteiger partial charge on any atom is 0.174 e. The van der Waals surface area contributed by atoms with E-state index in [2.05, 4.69) is 36.4 Å². The SMILES string of the molecule is COc1cc(C(N)C(C)C)cc(I)c1OC. The molecule has 0 fully saturated rings. The van der Waals surface area contributed by atoms with Crippen LogP contribution in [-0.2, 0) is 0 Å². The average Bonchev–Trinajstić information content (AvgIpc) is 2.26. The highest BCUT2D eigenvalue weighted by Gasteiger charge is 2.16. The van der Waals surface area contributed by atoms with Crippen LogP contribution in [0.3, 0.4) is 0 Å². The molecule has 3 nitrogen and oxygen atoms in total. The minimum absolute atomic E-state index is 0.0216. The number of methoxy groups -OCH3 is 2. The van der Waals surface area contributed by atoms with E-state index in [1.54, 1.807) is 14.2 Å². The standard InChI is InChI=1S/C12H18INO2/c1-7(2)11(14)8-5-9(13)12(16-4)10(6-8)15-3/h5-7,11H,14H2,1-4H3. The Morgan fingerprint density at radius 2 is 1.81 bits per heavy atom. The molecular weight excluding hydrogens is 317 g/mol. The van der Waals surface area contributed by atoms with Crippen molar-refractivity contribution in [1.29, 1.82) is 0 Å². The van der Waals surface area contributed by atoms with E-state index in [1.165, 1.54) is 0 Å². The highest BCUT2D eigenvalue weighted by Crippen LogP contribution is 2.35. The van der Waals surface area contributed by atoms with E-state index in [0.717, 1.165) is 20.6 Å². The summed E-state index contributed by atoms with van der Waals surface area (Å²) in [6.45, 7) is 4.21. The Kier molecular flexibility index (Phi) is 4.86. The first-order chi connectivity index (χ1) is 7.51. The lowest BCUT2D eigenvalue weighted by Crippen LogP contribution is -2.17. The maximum absolute atomic E-state index is 6.12. The normalized spacial score (nSPS) is 12.7. The topological polar surface area (TPSA) is 44.5 Å². The second kappa shape index (κ2) is 5.72. The largest absolute Gasteiger partial charge is 0.493 e. The fourth-order valence-corrected chi connectivity index (χ4v) is 2.36. The van der Waals surface area contributed by atoms with Crippen LogP contribution in [-0.4, -0.2) is 14.2 Å². The van der Waals surface area contributed by atoms with Crippen LogP contribution < -0.4 is 15.2 Å². The van der Waals surface area contributed by atoms with E-state index in [4.69, 9.17) is 15.2 Å². The summed E-state index contributed by atoms with van der Waals surface area (Å²) in [5.74, 6) is 1.90. The second-order valence-corrected chi connectivity index (χ2v) is 5.17. The lowest BCUT2D eigenvalue weighted by Gasteiger charge is -2.19. The molecule has 1 unspecified atom stereocenters. The second-order valence-electron chi connectivity index (χ2n) is 4.01. The van der Waals surface area contributed by atoms with Crippen molar-refractivity contribution in [3.63, 3.8) is 0 Å². The molecule has 1 aromatic rings. The number of nitrogens with two attached hydrogens (primary N) is 1. The first kappa shape index (κ1) is 13.6. The molecule has 0 bridgehead atoms. The number of hydrogen-bond acceptors (Lipinski definition) is 3. The number of hydrogen-bond donors (Lipinski definition) is 1. The minimum atomic E-state index is 0.0216. The molecule has 16 heavy (non-hydrogen) atoms. The molecule has 1 atom stereocenters. The number of halogens is 1. The van der Waals surface area contributed by atoms with Gasteiger partial charge in [-0.15, -0.1) is 0 Å². The maximum atomic E-state index is 6.12. The predicted octanol–water partition coefficient (Wildman–Crippen LogP) is 2.96. The van der Waals surface area contributed by atoms with Gasteiger partial charge in [0.05, 0.1) is 17.8 Å². The molecule has 0 amide bonds. The van der Waals surface area contributed by atoms with Crippen LogP contribution in [0.2, 0.25) is 0 Å². The Morgan fingerprint density at radius 3 is 2.25 bits per heavy atom. The van der Waals surface area contributed by atoms with Gasteiger partial charge in [0.1, 0.15) is 0 Å².